The van der Waals surface area contributed by atoms with Crippen LogP contribution in [0.2, 0.25) is 10.0 Å². The van der Waals surface area contributed by atoms with Gasteiger partial charge in [-0.15, -0.1) is 11.3 Å². The minimum Gasteiger partial charge on any atom is -0.376 e. The first-order valence-corrected chi connectivity index (χ1v) is 10.5. The topological polar surface area (TPSA) is 85.6 Å². The number of halogens is 2. The molecule has 28 heavy (non-hydrogen) atoms. The maximum absolute atomic E-state index is 13.0. The standard InChI is InChI=1S/C18H17Cl2N3O4S/c19-10-3-4-12(14(20)6-10)15-9-28-18(21-15)22(8-11-2-1-5-27-11)17(24)13-7-16(13)23(25)26/h3-4,6,9,11,13,16H,1-2,5,7-8H2. The highest BCUT2D eigenvalue weighted by Gasteiger charge is 2.55. The second kappa shape index (κ2) is 7.94. The number of nitro groups is 1. The zero-order valence-corrected chi connectivity index (χ0v) is 17.0. The fourth-order valence-electron chi connectivity index (χ4n) is 3.34. The van der Waals surface area contributed by atoms with Gasteiger partial charge in [-0.05, 0) is 31.0 Å². The van der Waals surface area contributed by atoms with Crippen molar-refractivity contribution in [3.63, 3.8) is 0 Å². The largest absolute Gasteiger partial charge is 0.376 e. The Bertz CT molecular complexity index is 916. The minimum absolute atomic E-state index is 0.0803. The lowest BCUT2D eigenvalue weighted by atomic mass is 10.2. The number of hydrogen-bond acceptors (Lipinski definition) is 6. The molecule has 0 N–H and O–H groups in total. The van der Waals surface area contributed by atoms with Crippen LogP contribution in [0, 0.1) is 16.0 Å². The molecule has 2 fully saturated rings. The molecule has 3 unspecified atom stereocenters. The van der Waals surface area contributed by atoms with Gasteiger partial charge in [0.1, 0.15) is 5.92 Å². The summed E-state index contributed by atoms with van der Waals surface area (Å²) in [5.41, 5.74) is 1.35. The average Bonchev–Trinajstić information content (AvgIpc) is 3.05. The molecule has 2 heterocycles. The van der Waals surface area contributed by atoms with Crippen molar-refractivity contribution in [1.82, 2.24) is 4.98 Å². The van der Waals surface area contributed by atoms with E-state index in [0.29, 0.717) is 39.6 Å². The van der Waals surface area contributed by atoms with E-state index < -0.39 is 12.0 Å². The van der Waals surface area contributed by atoms with Crippen molar-refractivity contribution >= 4 is 45.6 Å². The molecule has 1 saturated heterocycles. The summed E-state index contributed by atoms with van der Waals surface area (Å²) in [6.45, 7) is 1.01. The van der Waals surface area contributed by atoms with Crippen LogP contribution in [-0.4, -0.2) is 41.1 Å². The van der Waals surface area contributed by atoms with Crippen molar-refractivity contribution < 1.29 is 14.5 Å². The summed E-state index contributed by atoms with van der Waals surface area (Å²) in [5, 5.41) is 14.3. The molecule has 7 nitrogen and oxygen atoms in total. The first-order chi connectivity index (χ1) is 13.4. The number of benzene rings is 1. The summed E-state index contributed by atoms with van der Waals surface area (Å²) in [6.07, 6.45) is 1.99. The Morgan fingerprint density at radius 3 is 2.89 bits per heavy atom. The van der Waals surface area contributed by atoms with Gasteiger partial charge in [-0.25, -0.2) is 4.98 Å². The van der Waals surface area contributed by atoms with E-state index in [1.807, 2.05) is 5.38 Å². The van der Waals surface area contributed by atoms with E-state index in [4.69, 9.17) is 27.9 Å². The van der Waals surface area contributed by atoms with Gasteiger partial charge in [0, 0.05) is 33.9 Å². The lowest BCUT2D eigenvalue weighted by molar-refractivity contribution is -0.497. The molecule has 2 aliphatic rings. The van der Waals surface area contributed by atoms with Gasteiger partial charge in [0.25, 0.3) is 0 Å². The molecule has 1 aliphatic heterocycles. The first kappa shape index (κ1) is 19.6. The quantitative estimate of drug-likeness (QED) is 0.492. The van der Waals surface area contributed by atoms with Crippen LogP contribution in [0.25, 0.3) is 11.3 Å². The number of thiazole rings is 1. The van der Waals surface area contributed by atoms with Gasteiger partial charge in [-0.3, -0.25) is 19.8 Å². The van der Waals surface area contributed by atoms with Crippen LogP contribution in [0.5, 0.6) is 0 Å². The smallest absolute Gasteiger partial charge is 0.239 e. The molecular weight excluding hydrogens is 425 g/mol. The van der Waals surface area contributed by atoms with Crippen molar-refractivity contribution in [3.8, 4) is 11.3 Å². The molecule has 10 heteroatoms. The Morgan fingerprint density at radius 2 is 2.25 bits per heavy atom. The predicted molar refractivity (Wildman–Crippen MR) is 108 cm³/mol. The van der Waals surface area contributed by atoms with Crippen molar-refractivity contribution in [2.75, 3.05) is 18.1 Å². The second-order valence-corrected chi connectivity index (χ2v) is 8.60. The van der Waals surface area contributed by atoms with Crippen LogP contribution in [0.3, 0.4) is 0 Å². The van der Waals surface area contributed by atoms with E-state index in [-0.39, 0.29) is 23.4 Å². The number of anilines is 1. The Morgan fingerprint density at radius 1 is 1.43 bits per heavy atom. The number of aromatic nitrogens is 1. The molecule has 0 radical (unpaired) electrons. The molecule has 1 aromatic heterocycles. The van der Waals surface area contributed by atoms with E-state index >= 15 is 0 Å². The van der Waals surface area contributed by atoms with Crippen LogP contribution in [0.15, 0.2) is 23.6 Å². The monoisotopic (exact) mass is 441 g/mol. The summed E-state index contributed by atoms with van der Waals surface area (Å²) < 4.78 is 5.67. The molecule has 3 atom stereocenters. The van der Waals surface area contributed by atoms with Gasteiger partial charge in [0.2, 0.25) is 11.9 Å². The Hall–Kier alpha value is -1.74. The molecule has 1 amide bonds. The summed E-state index contributed by atoms with van der Waals surface area (Å²) >= 11 is 13.5. The van der Waals surface area contributed by atoms with E-state index in [2.05, 4.69) is 4.98 Å². The maximum atomic E-state index is 13.0. The number of rotatable bonds is 6. The van der Waals surface area contributed by atoms with Crippen LogP contribution in [0.4, 0.5) is 5.13 Å². The normalized spacial score (nSPS) is 23.6. The number of carbonyl (C=O) groups excluding carboxylic acids is 1. The van der Waals surface area contributed by atoms with E-state index in [1.54, 1.807) is 23.1 Å². The van der Waals surface area contributed by atoms with Crippen LogP contribution in [0.1, 0.15) is 19.3 Å². The summed E-state index contributed by atoms with van der Waals surface area (Å²) in [4.78, 5) is 29.7. The Kier molecular flexibility index (Phi) is 5.55. The number of nitrogens with zero attached hydrogens (tertiary/aromatic N) is 3. The number of hydrogen-bond donors (Lipinski definition) is 0. The van der Waals surface area contributed by atoms with E-state index in [0.717, 1.165) is 12.8 Å². The molecule has 1 saturated carbocycles. The van der Waals surface area contributed by atoms with Gasteiger partial charge < -0.3 is 4.74 Å². The van der Waals surface area contributed by atoms with E-state index in [1.165, 1.54) is 11.3 Å². The van der Waals surface area contributed by atoms with Crippen LogP contribution in [-0.2, 0) is 9.53 Å². The average molecular weight is 442 g/mol. The lowest BCUT2D eigenvalue weighted by Gasteiger charge is -2.22. The fourth-order valence-corrected chi connectivity index (χ4v) is 4.69. The molecular formula is C18H17Cl2N3O4S. The third-order valence-electron chi connectivity index (χ3n) is 4.95. The van der Waals surface area contributed by atoms with Crippen molar-refractivity contribution in [3.05, 3.63) is 43.7 Å². The fraction of sp³-hybridized carbons (Fsp3) is 0.444. The molecule has 2 aromatic rings. The predicted octanol–water partition coefficient (Wildman–Crippen LogP) is 4.29. The molecule has 4 rings (SSSR count). The van der Waals surface area contributed by atoms with Crippen LogP contribution >= 0.6 is 34.5 Å². The van der Waals surface area contributed by atoms with Gasteiger partial charge >= 0.3 is 0 Å². The molecule has 0 bridgehead atoms. The van der Waals surface area contributed by atoms with Crippen molar-refractivity contribution in [1.29, 1.82) is 0 Å². The van der Waals surface area contributed by atoms with Crippen molar-refractivity contribution in [2.24, 2.45) is 5.92 Å². The van der Waals surface area contributed by atoms with Gasteiger partial charge in [-0.1, -0.05) is 23.2 Å². The number of amides is 1. The third kappa shape index (κ3) is 4.00. The third-order valence-corrected chi connectivity index (χ3v) is 6.36. The first-order valence-electron chi connectivity index (χ1n) is 8.91. The highest BCUT2D eigenvalue weighted by atomic mass is 35.5. The maximum Gasteiger partial charge on any atom is 0.239 e. The summed E-state index contributed by atoms with van der Waals surface area (Å²) in [5.74, 6) is -0.858. The zero-order valence-electron chi connectivity index (χ0n) is 14.7. The molecule has 148 valence electrons. The highest BCUT2D eigenvalue weighted by Crippen LogP contribution is 2.39. The van der Waals surface area contributed by atoms with Crippen molar-refractivity contribution in [2.45, 2.75) is 31.4 Å². The number of carbonyl (C=O) groups is 1. The lowest BCUT2D eigenvalue weighted by Crippen LogP contribution is -2.39. The van der Waals surface area contributed by atoms with Crippen LogP contribution < -0.4 is 4.90 Å². The Balaban J connectivity index is 1.60. The second-order valence-electron chi connectivity index (χ2n) is 6.92. The molecule has 0 spiro atoms. The SMILES string of the molecule is O=C(C1CC1[N+](=O)[O-])N(CC1CCCO1)c1nc(-c2ccc(Cl)cc2Cl)cs1. The van der Waals surface area contributed by atoms with Gasteiger partial charge in [0.15, 0.2) is 5.13 Å². The Labute approximate surface area is 175 Å². The summed E-state index contributed by atoms with van der Waals surface area (Å²) in [6, 6.07) is 4.34. The highest BCUT2D eigenvalue weighted by molar-refractivity contribution is 7.14. The molecule has 1 aromatic carbocycles. The minimum atomic E-state index is -0.801. The van der Waals surface area contributed by atoms with Gasteiger partial charge in [0.05, 0.1) is 23.4 Å². The number of ether oxygens (including phenoxy) is 1. The van der Waals surface area contributed by atoms with E-state index in [9.17, 15) is 14.9 Å². The summed E-state index contributed by atoms with van der Waals surface area (Å²) in [7, 11) is 0. The zero-order chi connectivity index (χ0) is 19.8. The van der Waals surface area contributed by atoms with Gasteiger partial charge in [-0.2, -0.15) is 0 Å². The molecule has 1 aliphatic carbocycles.